The van der Waals surface area contributed by atoms with Gasteiger partial charge in [-0.25, -0.2) is 4.79 Å². The van der Waals surface area contributed by atoms with Crippen LogP contribution in [-0.4, -0.2) is 77.2 Å². The lowest BCUT2D eigenvalue weighted by atomic mass is 10.1. The second-order valence-corrected chi connectivity index (χ2v) is 7.12. The average Bonchev–Trinajstić information content (AvgIpc) is 2.64. The predicted molar refractivity (Wildman–Crippen MR) is 109 cm³/mol. The number of aliphatic carboxylic acids is 1. The largest absolute Gasteiger partial charge is 0.480 e. The Bertz CT molecular complexity index is 634. The van der Waals surface area contributed by atoms with Gasteiger partial charge in [0.05, 0.1) is 18.7 Å². The molecule has 0 fully saturated rings. The van der Waals surface area contributed by atoms with Crippen LogP contribution in [0.1, 0.15) is 33.6 Å². The van der Waals surface area contributed by atoms with Crippen LogP contribution >= 0.6 is 0 Å². The number of nitrogens with two attached hydrogens (primary N) is 3. The lowest BCUT2D eigenvalue weighted by molar-refractivity contribution is -0.145. The molecular weight excluding hydrogens is 398 g/mol. The smallest absolute Gasteiger partial charge is 0.328 e. The Morgan fingerprint density at radius 2 is 1.63 bits per heavy atom. The molecule has 30 heavy (non-hydrogen) atoms. The van der Waals surface area contributed by atoms with Crippen LogP contribution in [-0.2, 0) is 19.2 Å². The number of nitrogens with zero attached hydrogens (tertiary/aromatic N) is 1. The molecular formula is C17H33N7O6. The SMILES string of the molecule is CC(C)C(N)C(=O)NCC(=O)NC(CCCN=C(N)N)C(=O)NC(C(=O)O)C(C)O. The number of amides is 3. The highest BCUT2D eigenvalue weighted by molar-refractivity contribution is 5.92. The van der Waals surface area contributed by atoms with Gasteiger partial charge < -0.3 is 43.4 Å². The minimum atomic E-state index is -1.56. The second-order valence-electron chi connectivity index (χ2n) is 7.12. The molecule has 0 spiro atoms. The number of carbonyl (C=O) groups is 4. The van der Waals surface area contributed by atoms with Crippen LogP contribution in [0.2, 0.25) is 0 Å². The van der Waals surface area contributed by atoms with Crippen LogP contribution in [0.25, 0.3) is 0 Å². The number of carboxylic acids is 1. The van der Waals surface area contributed by atoms with Crippen LogP contribution in [0.4, 0.5) is 0 Å². The van der Waals surface area contributed by atoms with Gasteiger partial charge in [-0.2, -0.15) is 0 Å². The summed E-state index contributed by atoms with van der Waals surface area (Å²) in [4.78, 5) is 51.4. The van der Waals surface area contributed by atoms with Crippen molar-refractivity contribution in [2.45, 2.75) is 57.8 Å². The molecule has 0 aliphatic rings. The number of aliphatic hydroxyl groups excluding tert-OH is 1. The van der Waals surface area contributed by atoms with Gasteiger partial charge in [-0.05, 0) is 25.7 Å². The van der Waals surface area contributed by atoms with E-state index in [0.717, 1.165) is 0 Å². The Balaban J connectivity index is 5.04. The zero-order valence-electron chi connectivity index (χ0n) is 17.4. The van der Waals surface area contributed by atoms with E-state index in [1.165, 1.54) is 6.92 Å². The molecule has 0 aliphatic carbocycles. The molecule has 4 atom stereocenters. The number of guanidine groups is 1. The Labute approximate surface area is 174 Å². The van der Waals surface area contributed by atoms with Crippen LogP contribution in [0.3, 0.4) is 0 Å². The van der Waals surface area contributed by atoms with Gasteiger partial charge in [0, 0.05) is 6.54 Å². The first-order valence-corrected chi connectivity index (χ1v) is 9.46. The van der Waals surface area contributed by atoms with E-state index in [9.17, 15) is 24.3 Å². The van der Waals surface area contributed by atoms with Gasteiger partial charge in [-0.3, -0.25) is 19.4 Å². The number of aliphatic hydroxyl groups is 1. The molecule has 13 nitrogen and oxygen atoms in total. The summed E-state index contributed by atoms with van der Waals surface area (Å²) in [5.74, 6) is -3.70. The lowest BCUT2D eigenvalue weighted by Crippen LogP contribution is -2.56. The van der Waals surface area contributed by atoms with Crippen molar-refractivity contribution in [2.24, 2.45) is 28.1 Å². The maximum Gasteiger partial charge on any atom is 0.328 e. The Morgan fingerprint density at radius 3 is 2.10 bits per heavy atom. The molecule has 0 saturated heterocycles. The minimum absolute atomic E-state index is 0.0833. The summed E-state index contributed by atoms with van der Waals surface area (Å²) >= 11 is 0. The number of nitrogens with one attached hydrogen (secondary N) is 3. The highest BCUT2D eigenvalue weighted by atomic mass is 16.4. The topological polar surface area (TPSA) is 235 Å². The molecule has 0 aromatic carbocycles. The van der Waals surface area contributed by atoms with Crippen LogP contribution < -0.4 is 33.2 Å². The maximum atomic E-state index is 12.5. The van der Waals surface area contributed by atoms with E-state index < -0.39 is 54.5 Å². The third-order valence-corrected chi connectivity index (χ3v) is 4.09. The summed E-state index contributed by atoms with van der Waals surface area (Å²) in [5, 5.41) is 25.6. The fourth-order valence-corrected chi connectivity index (χ4v) is 2.25. The Kier molecular flexibility index (Phi) is 12.0. The van der Waals surface area contributed by atoms with Gasteiger partial charge in [0.25, 0.3) is 0 Å². The third-order valence-electron chi connectivity index (χ3n) is 4.09. The molecule has 11 N–H and O–H groups in total. The van der Waals surface area contributed by atoms with E-state index in [0.29, 0.717) is 6.42 Å². The number of hydrogen-bond donors (Lipinski definition) is 8. The Morgan fingerprint density at radius 1 is 1.03 bits per heavy atom. The molecule has 0 rings (SSSR count). The summed E-state index contributed by atoms with van der Waals surface area (Å²) in [6.45, 7) is 4.47. The van der Waals surface area contributed by atoms with E-state index in [4.69, 9.17) is 22.3 Å². The van der Waals surface area contributed by atoms with Crippen molar-refractivity contribution < 1.29 is 29.4 Å². The number of rotatable bonds is 13. The van der Waals surface area contributed by atoms with Gasteiger partial charge in [-0.15, -0.1) is 0 Å². The normalized spacial score (nSPS) is 14.7. The van der Waals surface area contributed by atoms with E-state index in [-0.39, 0.29) is 24.8 Å². The molecule has 0 aliphatic heterocycles. The van der Waals surface area contributed by atoms with Crippen molar-refractivity contribution in [3.63, 3.8) is 0 Å². The third kappa shape index (κ3) is 10.6. The molecule has 0 bridgehead atoms. The lowest BCUT2D eigenvalue weighted by Gasteiger charge is -2.23. The maximum absolute atomic E-state index is 12.5. The highest BCUT2D eigenvalue weighted by Crippen LogP contribution is 2.02. The molecule has 3 amide bonds. The first-order valence-electron chi connectivity index (χ1n) is 9.46. The molecule has 4 unspecified atom stereocenters. The zero-order chi connectivity index (χ0) is 23.4. The molecule has 0 saturated carbocycles. The minimum Gasteiger partial charge on any atom is -0.480 e. The number of carbonyl (C=O) groups excluding carboxylic acids is 3. The molecule has 13 heteroatoms. The van der Waals surface area contributed by atoms with Gasteiger partial charge in [-0.1, -0.05) is 13.8 Å². The highest BCUT2D eigenvalue weighted by Gasteiger charge is 2.29. The number of hydrogen-bond acceptors (Lipinski definition) is 7. The summed E-state index contributed by atoms with van der Waals surface area (Å²) < 4.78 is 0. The van der Waals surface area contributed by atoms with Gasteiger partial charge in [0.1, 0.15) is 6.04 Å². The summed E-state index contributed by atoms with van der Waals surface area (Å²) in [5.41, 5.74) is 16.2. The Hall–Kier alpha value is -2.93. The van der Waals surface area contributed by atoms with Crippen molar-refractivity contribution in [1.29, 1.82) is 0 Å². The molecule has 0 aromatic rings. The second kappa shape index (κ2) is 13.3. The van der Waals surface area contributed by atoms with Gasteiger partial charge in [0.2, 0.25) is 17.7 Å². The van der Waals surface area contributed by atoms with Crippen LogP contribution in [0.15, 0.2) is 4.99 Å². The first-order chi connectivity index (χ1) is 13.9. The summed E-state index contributed by atoms with van der Waals surface area (Å²) in [7, 11) is 0. The predicted octanol–water partition coefficient (Wildman–Crippen LogP) is -3.43. The summed E-state index contributed by atoms with van der Waals surface area (Å²) in [6, 6.07) is -3.49. The van der Waals surface area contributed by atoms with Crippen LogP contribution in [0, 0.1) is 5.92 Å². The van der Waals surface area contributed by atoms with E-state index >= 15 is 0 Å². The molecule has 0 aromatic heterocycles. The van der Waals surface area contributed by atoms with Crippen LogP contribution in [0.5, 0.6) is 0 Å². The molecule has 0 radical (unpaired) electrons. The monoisotopic (exact) mass is 431 g/mol. The van der Waals surface area contributed by atoms with Crippen molar-refractivity contribution in [2.75, 3.05) is 13.1 Å². The van der Waals surface area contributed by atoms with Gasteiger partial charge in [0.15, 0.2) is 12.0 Å². The zero-order valence-corrected chi connectivity index (χ0v) is 17.4. The average molecular weight is 431 g/mol. The molecule has 0 heterocycles. The van der Waals surface area contributed by atoms with E-state index in [1.807, 2.05) is 0 Å². The fraction of sp³-hybridized carbons (Fsp3) is 0.706. The van der Waals surface area contributed by atoms with Gasteiger partial charge >= 0.3 is 5.97 Å². The van der Waals surface area contributed by atoms with Crippen molar-refractivity contribution in [3.8, 4) is 0 Å². The number of aliphatic imine (C=N–C) groups is 1. The summed E-state index contributed by atoms with van der Waals surface area (Å²) in [6.07, 6.45) is -0.978. The molecule has 172 valence electrons. The van der Waals surface area contributed by atoms with Crippen molar-refractivity contribution >= 4 is 29.7 Å². The van der Waals surface area contributed by atoms with Crippen molar-refractivity contribution in [1.82, 2.24) is 16.0 Å². The fourth-order valence-electron chi connectivity index (χ4n) is 2.25. The quantitative estimate of drug-likeness (QED) is 0.0821. The van der Waals surface area contributed by atoms with E-state index in [2.05, 4.69) is 20.9 Å². The van der Waals surface area contributed by atoms with Crippen molar-refractivity contribution in [3.05, 3.63) is 0 Å². The first kappa shape index (κ1) is 27.1. The number of carboxylic acid groups (broad SMARTS) is 1. The standard InChI is InChI=1S/C17H33N7O6/c1-8(2)12(18)15(28)22-7-11(26)23-10(5-4-6-21-17(19)20)14(27)24-13(9(3)25)16(29)30/h8-10,12-13,25H,4-7,18H2,1-3H3,(H,22,28)(H,23,26)(H,24,27)(H,29,30)(H4,19,20,21). The van der Waals surface area contributed by atoms with E-state index in [1.54, 1.807) is 13.8 Å².